The molecule has 0 aliphatic carbocycles. The molecule has 0 unspecified atom stereocenters. The molecule has 11 heteroatoms. The number of sulfonamides is 1. The Balaban J connectivity index is 1.82. The average Bonchev–Trinajstić information content (AvgIpc) is 3.22. The fraction of sp³-hybridized carbons (Fsp3) is 0.250. The first kappa shape index (κ1) is 22.9. The summed E-state index contributed by atoms with van der Waals surface area (Å²) < 4.78 is 52.8. The highest BCUT2D eigenvalue weighted by Gasteiger charge is 2.28. The number of rotatable bonds is 8. The van der Waals surface area contributed by atoms with Gasteiger partial charge in [0.15, 0.2) is 0 Å². The van der Waals surface area contributed by atoms with Gasteiger partial charge in [-0.1, -0.05) is 41.7 Å². The largest absolute Gasteiger partial charge is 0.296 e. The first-order valence-corrected chi connectivity index (χ1v) is 11.5. The number of hydrogen-bond acceptors (Lipinski definition) is 6. The van der Waals surface area contributed by atoms with Gasteiger partial charge in [-0.25, -0.2) is 21.9 Å². The summed E-state index contributed by atoms with van der Waals surface area (Å²) in [6.45, 7) is 2.61. The lowest BCUT2D eigenvalue weighted by Crippen LogP contribution is -2.26. The lowest BCUT2D eigenvalue weighted by Gasteiger charge is -2.21. The van der Waals surface area contributed by atoms with Crippen LogP contribution in [-0.4, -0.2) is 37.7 Å². The maximum absolute atomic E-state index is 14.2. The molecule has 0 aliphatic rings. The summed E-state index contributed by atoms with van der Waals surface area (Å²) in [6, 6.07) is 12.4. The summed E-state index contributed by atoms with van der Waals surface area (Å²) in [5.74, 6) is -1.78. The van der Waals surface area contributed by atoms with E-state index in [1.807, 2.05) is 48.9 Å². The van der Waals surface area contributed by atoms with Crippen molar-refractivity contribution in [2.45, 2.75) is 24.2 Å². The van der Waals surface area contributed by atoms with Crippen molar-refractivity contribution in [2.24, 2.45) is 0 Å². The van der Waals surface area contributed by atoms with Gasteiger partial charge in [0.25, 0.3) is 5.91 Å². The van der Waals surface area contributed by atoms with Crippen LogP contribution in [0.4, 0.5) is 13.9 Å². The van der Waals surface area contributed by atoms with Crippen molar-refractivity contribution >= 4 is 32.4 Å². The van der Waals surface area contributed by atoms with Crippen molar-refractivity contribution in [1.29, 1.82) is 0 Å². The molecule has 3 aromatic rings. The highest BCUT2D eigenvalue weighted by molar-refractivity contribution is 7.89. The van der Waals surface area contributed by atoms with Crippen LogP contribution in [0.2, 0.25) is 0 Å². The predicted molar refractivity (Wildman–Crippen MR) is 114 cm³/mol. The van der Waals surface area contributed by atoms with Gasteiger partial charge in [-0.15, -0.1) is 10.2 Å². The third-order valence-corrected chi connectivity index (χ3v) is 7.18. The number of carbonyl (C=O) groups excluding carboxylic acids is 1. The Kier molecular flexibility index (Phi) is 6.77. The standard InChI is InChI=1S/C20H20F2N4O3S2/c1-20(2,13-6-4-3-5-7-13)18-25-26-19(30-18)24-17(27)15-12-14(8-9-16(15)22)31(28,29)23-11-10-21/h3-9,12,23H,10-11H2,1-2H3,(H,24,26,27). The molecule has 1 amide bonds. The number of benzene rings is 2. The van der Waals surface area contributed by atoms with Crippen LogP contribution in [0.15, 0.2) is 53.4 Å². The molecule has 2 aromatic carbocycles. The summed E-state index contributed by atoms with van der Waals surface area (Å²) in [4.78, 5) is 12.2. The third-order valence-electron chi connectivity index (χ3n) is 4.55. The van der Waals surface area contributed by atoms with E-state index in [2.05, 4.69) is 15.5 Å². The summed E-state index contributed by atoms with van der Waals surface area (Å²) in [5.41, 5.74) is 0.0550. The van der Waals surface area contributed by atoms with Crippen molar-refractivity contribution in [3.05, 3.63) is 70.5 Å². The van der Waals surface area contributed by atoms with E-state index in [0.29, 0.717) is 5.01 Å². The molecule has 31 heavy (non-hydrogen) atoms. The van der Waals surface area contributed by atoms with Gasteiger partial charge >= 0.3 is 0 Å². The maximum atomic E-state index is 14.2. The van der Waals surface area contributed by atoms with E-state index in [0.717, 1.165) is 35.1 Å². The summed E-state index contributed by atoms with van der Waals surface area (Å²) >= 11 is 1.14. The zero-order chi connectivity index (χ0) is 22.6. The second-order valence-corrected chi connectivity index (χ2v) is 9.83. The minimum atomic E-state index is -4.08. The number of halogens is 2. The Morgan fingerprint density at radius 1 is 1.13 bits per heavy atom. The highest BCUT2D eigenvalue weighted by Crippen LogP contribution is 2.34. The van der Waals surface area contributed by atoms with Crippen LogP contribution < -0.4 is 10.0 Å². The molecule has 164 valence electrons. The van der Waals surface area contributed by atoms with Crippen molar-refractivity contribution in [3.8, 4) is 0 Å². The zero-order valence-corrected chi connectivity index (χ0v) is 18.4. The molecular formula is C20H20F2N4O3S2. The third kappa shape index (κ3) is 5.12. The molecule has 7 nitrogen and oxygen atoms in total. The quantitative estimate of drug-likeness (QED) is 0.529. The van der Waals surface area contributed by atoms with Gasteiger partial charge in [0.05, 0.1) is 10.5 Å². The van der Waals surface area contributed by atoms with E-state index in [9.17, 15) is 22.0 Å². The molecule has 0 saturated heterocycles. The second kappa shape index (κ2) is 9.16. The van der Waals surface area contributed by atoms with Crippen LogP contribution in [-0.2, 0) is 15.4 Å². The van der Waals surface area contributed by atoms with Gasteiger partial charge < -0.3 is 0 Å². The molecule has 0 fully saturated rings. The zero-order valence-electron chi connectivity index (χ0n) is 16.7. The number of aromatic nitrogens is 2. The van der Waals surface area contributed by atoms with Gasteiger partial charge in [0, 0.05) is 12.0 Å². The van der Waals surface area contributed by atoms with Gasteiger partial charge in [-0.3, -0.25) is 10.1 Å². The first-order chi connectivity index (χ1) is 14.6. The van der Waals surface area contributed by atoms with Gasteiger partial charge in [-0.05, 0) is 37.6 Å². The SMILES string of the molecule is CC(C)(c1ccccc1)c1nnc(NC(=O)c2cc(S(=O)(=O)NCCF)ccc2F)s1. The van der Waals surface area contributed by atoms with Crippen molar-refractivity contribution < 1.29 is 22.0 Å². The van der Waals surface area contributed by atoms with Crippen LogP contribution >= 0.6 is 11.3 Å². The van der Waals surface area contributed by atoms with Gasteiger partial charge in [0.2, 0.25) is 15.2 Å². The lowest BCUT2D eigenvalue weighted by molar-refractivity contribution is 0.102. The van der Waals surface area contributed by atoms with Crippen LogP contribution in [0.1, 0.15) is 34.8 Å². The van der Waals surface area contributed by atoms with Crippen molar-refractivity contribution in [3.63, 3.8) is 0 Å². The summed E-state index contributed by atoms with van der Waals surface area (Å²) in [5, 5.41) is 11.3. The van der Waals surface area contributed by atoms with Crippen molar-refractivity contribution in [2.75, 3.05) is 18.5 Å². The molecule has 1 heterocycles. The number of hydrogen-bond donors (Lipinski definition) is 2. The van der Waals surface area contributed by atoms with Gasteiger partial charge in [0.1, 0.15) is 17.5 Å². The number of nitrogens with zero attached hydrogens (tertiary/aromatic N) is 2. The topological polar surface area (TPSA) is 101 Å². The molecule has 1 aromatic heterocycles. The van der Waals surface area contributed by atoms with E-state index < -0.39 is 45.9 Å². The van der Waals surface area contributed by atoms with Crippen LogP contribution in [0.5, 0.6) is 0 Å². The Hall–Kier alpha value is -2.76. The van der Waals surface area contributed by atoms with E-state index in [1.54, 1.807) is 0 Å². The molecular weight excluding hydrogens is 446 g/mol. The molecule has 0 spiro atoms. The fourth-order valence-electron chi connectivity index (χ4n) is 2.77. The van der Waals surface area contributed by atoms with Gasteiger partial charge in [-0.2, -0.15) is 0 Å². The van der Waals surface area contributed by atoms with E-state index >= 15 is 0 Å². The minimum absolute atomic E-state index is 0.146. The molecule has 3 rings (SSSR count). The van der Waals surface area contributed by atoms with E-state index in [4.69, 9.17) is 0 Å². The number of carbonyl (C=O) groups is 1. The van der Waals surface area contributed by atoms with E-state index in [1.165, 1.54) is 0 Å². The highest BCUT2D eigenvalue weighted by atomic mass is 32.2. The summed E-state index contributed by atoms with van der Waals surface area (Å²) in [6.07, 6.45) is 0. The predicted octanol–water partition coefficient (Wildman–Crippen LogP) is 3.50. The molecule has 2 N–H and O–H groups in total. The Morgan fingerprint density at radius 3 is 2.52 bits per heavy atom. The molecule has 0 aliphatic heterocycles. The average molecular weight is 467 g/mol. The number of amides is 1. The number of anilines is 1. The monoisotopic (exact) mass is 466 g/mol. The second-order valence-electron chi connectivity index (χ2n) is 7.09. The lowest BCUT2D eigenvalue weighted by atomic mass is 9.85. The van der Waals surface area contributed by atoms with Crippen LogP contribution in [0.3, 0.4) is 0 Å². The van der Waals surface area contributed by atoms with E-state index in [-0.39, 0.29) is 10.0 Å². The Bertz CT molecular complexity index is 1180. The van der Waals surface area contributed by atoms with Crippen molar-refractivity contribution in [1.82, 2.24) is 14.9 Å². The summed E-state index contributed by atoms with van der Waals surface area (Å²) in [7, 11) is -4.08. The Morgan fingerprint density at radius 2 is 1.84 bits per heavy atom. The van der Waals surface area contributed by atoms with Crippen LogP contribution in [0, 0.1) is 5.82 Å². The first-order valence-electron chi connectivity index (χ1n) is 9.21. The Labute approximate surface area is 182 Å². The van der Waals surface area contributed by atoms with Crippen LogP contribution in [0.25, 0.3) is 0 Å². The number of nitrogens with one attached hydrogen (secondary N) is 2. The molecule has 0 atom stereocenters. The molecule has 0 saturated carbocycles. The smallest absolute Gasteiger partial charge is 0.260 e. The minimum Gasteiger partial charge on any atom is -0.296 e. The molecule has 0 bridgehead atoms. The normalized spacial score (nSPS) is 12.0. The molecule has 0 radical (unpaired) electrons. The maximum Gasteiger partial charge on any atom is 0.260 e. The number of alkyl halides is 1. The fourth-order valence-corrected chi connectivity index (χ4v) is 4.67.